The van der Waals surface area contributed by atoms with Gasteiger partial charge in [0, 0.05) is 6.04 Å². The van der Waals surface area contributed by atoms with Crippen LogP contribution in [-0.2, 0) is 9.53 Å². The molecule has 0 heterocycles. The van der Waals surface area contributed by atoms with Crippen LogP contribution in [-0.4, -0.2) is 24.2 Å². The standard InChI is InChI=1S/C16H29NO2/c1-2-19-15(18)16(17-14-10-6-7-11-14)12-8-4-3-5-9-13-16/h14,17H,2-13H2,1H3. The van der Waals surface area contributed by atoms with Crippen molar-refractivity contribution in [2.24, 2.45) is 0 Å². The molecule has 0 atom stereocenters. The van der Waals surface area contributed by atoms with Crippen LogP contribution >= 0.6 is 0 Å². The number of carbonyl (C=O) groups is 1. The molecule has 0 radical (unpaired) electrons. The summed E-state index contributed by atoms with van der Waals surface area (Å²) >= 11 is 0. The average Bonchev–Trinajstić information content (AvgIpc) is 2.85. The van der Waals surface area contributed by atoms with Crippen LogP contribution in [0.2, 0.25) is 0 Å². The van der Waals surface area contributed by atoms with E-state index in [1.807, 2.05) is 6.92 Å². The molecule has 1 N–H and O–H groups in total. The van der Waals surface area contributed by atoms with Crippen LogP contribution in [0.5, 0.6) is 0 Å². The highest BCUT2D eigenvalue weighted by molar-refractivity contribution is 5.81. The van der Waals surface area contributed by atoms with Crippen molar-refractivity contribution in [2.45, 2.75) is 89.1 Å². The third kappa shape index (κ3) is 3.95. The lowest BCUT2D eigenvalue weighted by Crippen LogP contribution is -2.56. The number of esters is 1. The lowest BCUT2D eigenvalue weighted by molar-refractivity contribution is -0.152. The van der Waals surface area contributed by atoms with E-state index in [1.54, 1.807) is 0 Å². The largest absolute Gasteiger partial charge is 0.465 e. The van der Waals surface area contributed by atoms with E-state index in [0.29, 0.717) is 12.6 Å². The first-order valence-electron chi connectivity index (χ1n) is 8.22. The van der Waals surface area contributed by atoms with Crippen molar-refractivity contribution >= 4 is 5.97 Å². The molecule has 3 heteroatoms. The van der Waals surface area contributed by atoms with Crippen molar-refractivity contribution in [3.8, 4) is 0 Å². The fourth-order valence-corrected chi connectivity index (χ4v) is 3.65. The molecule has 3 nitrogen and oxygen atoms in total. The Morgan fingerprint density at radius 2 is 1.63 bits per heavy atom. The second-order valence-corrected chi connectivity index (χ2v) is 6.20. The molecule has 110 valence electrons. The molecule has 19 heavy (non-hydrogen) atoms. The third-order valence-corrected chi connectivity index (χ3v) is 4.71. The minimum atomic E-state index is -0.383. The zero-order chi connectivity index (χ0) is 13.6. The molecule has 0 bridgehead atoms. The van der Waals surface area contributed by atoms with Crippen molar-refractivity contribution in [1.82, 2.24) is 5.32 Å². The van der Waals surface area contributed by atoms with E-state index in [0.717, 1.165) is 25.7 Å². The van der Waals surface area contributed by atoms with E-state index < -0.39 is 0 Å². The Balaban J connectivity index is 2.06. The lowest BCUT2D eigenvalue weighted by Gasteiger charge is -2.36. The lowest BCUT2D eigenvalue weighted by atomic mass is 9.83. The summed E-state index contributed by atoms with van der Waals surface area (Å²) in [6.07, 6.45) is 13.1. The maximum Gasteiger partial charge on any atom is 0.326 e. The number of hydrogen-bond donors (Lipinski definition) is 1. The van der Waals surface area contributed by atoms with Gasteiger partial charge in [-0.2, -0.15) is 0 Å². The summed E-state index contributed by atoms with van der Waals surface area (Å²) < 4.78 is 5.39. The van der Waals surface area contributed by atoms with E-state index in [2.05, 4.69) is 5.32 Å². The normalized spacial score (nSPS) is 24.7. The second-order valence-electron chi connectivity index (χ2n) is 6.20. The van der Waals surface area contributed by atoms with E-state index in [1.165, 1.54) is 44.9 Å². The summed E-state index contributed by atoms with van der Waals surface area (Å²) in [7, 11) is 0. The molecule has 0 saturated heterocycles. The van der Waals surface area contributed by atoms with Crippen LogP contribution in [0.1, 0.15) is 77.6 Å². The van der Waals surface area contributed by atoms with Crippen molar-refractivity contribution in [2.75, 3.05) is 6.61 Å². The number of ether oxygens (including phenoxy) is 1. The first-order valence-corrected chi connectivity index (χ1v) is 8.22. The summed E-state index contributed by atoms with van der Waals surface area (Å²) in [6, 6.07) is 0.531. The van der Waals surface area contributed by atoms with E-state index in [9.17, 15) is 4.79 Å². The van der Waals surface area contributed by atoms with Gasteiger partial charge in [-0.05, 0) is 32.6 Å². The number of hydrogen-bond acceptors (Lipinski definition) is 3. The summed E-state index contributed by atoms with van der Waals surface area (Å²) in [5, 5.41) is 3.71. The maximum absolute atomic E-state index is 12.5. The fraction of sp³-hybridized carbons (Fsp3) is 0.938. The minimum Gasteiger partial charge on any atom is -0.465 e. The Morgan fingerprint density at radius 3 is 2.21 bits per heavy atom. The van der Waals surface area contributed by atoms with Crippen molar-refractivity contribution in [3.05, 3.63) is 0 Å². The van der Waals surface area contributed by atoms with Gasteiger partial charge in [-0.25, -0.2) is 0 Å². The monoisotopic (exact) mass is 267 g/mol. The first-order chi connectivity index (χ1) is 9.27. The molecule has 2 rings (SSSR count). The number of carbonyl (C=O) groups excluding carboxylic acids is 1. The fourth-order valence-electron chi connectivity index (χ4n) is 3.65. The van der Waals surface area contributed by atoms with Gasteiger partial charge in [0.25, 0.3) is 0 Å². The number of rotatable bonds is 4. The van der Waals surface area contributed by atoms with Gasteiger partial charge in [-0.15, -0.1) is 0 Å². The molecule has 2 aliphatic carbocycles. The van der Waals surface area contributed by atoms with Crippen LogP contribution in [0.4, 0.5) is 0 Å². The van der Waals surface area contributed by atoms with Crippen molar-refractivity contribution in [1.29, 1.82) is 0 Å². The van der Waals surface area contributed by atoms with Gasteiger partial charge in [0.15, 0.2) is 0 Å². The number of nitrogens with one attached hydrogen (secondary N) is 1. The Kier molecular flexibility index (Phi) is 5.68. The molecule has 0 aromatic carbocycles. The first kappa shape index (κ1) is 14.8. The Morgan fingerprint density at radius 1 is 1.05 bits per heavy atom. The zero-order valence-electron chi connectivity index (χ0n) is 12.4. The van der Waals surface area contributed by atoms with Crippen molar-refractivity contribution in [3.63, 3.8) is 0 Å². The van der Waals surface area contributed by atoms with E-state index in [-0.39, 0.29) is 11.5 Å². The minimum absolute atomic E-state index is 0.00352. The Bertz CT molecular complexity index is 276. The summed E-state index contributed by atoms with van der Waals surface area (Å²) in [4.78, 5) is 12.5. The molecule has 2 fully saturated rings. The second kappa shape index (κ2) is 7.28. The summed E-state index contributed by atoms with van der Waals surface area (Å²) in [5.41, 5.74) is -0.383. The van der Waals surface area contributed by atoms with Crippen LogP contribution < -0.4 is 5.32 Å². The Labute approximate surface area is 117 Å². The molecule has 2 saturated carbocycles. The van der Waals surface area contributed by atoms with Gasteiger partial charge >= 0.3 is 5.97 Å². The SMILES string of the molecule is CCOC(=O)C1(NC2CCCC2)CCCCCCC1. The molecular weight excluding hydrogens is 238 g/mol. The van der Waals surface area contributed by atoms with Crippen molar-refractivity contribution < 1.29 is 9.53 Å². The van der Waals surface area contributed by atoms with Gasteiger partial charge in [0.05, 0.1) is 6.61 Å². The summed E-state index contributed by atoms with van der Waals surface area (Å²) in [5.74, 6) is 0.00352. The van der Waals surface area contributed by atoms with Gasteiger partial charge in [0.2, 0.25) is 0 Å². The molecule has 0 aliphatic heterocycles. The zero-order valence-corrected chi connectivity index (χ0v) is 12.4. The van der Waals surface area contributed by atoms with Gasteiger partial charge < -0.3 is 4.74 Å². The molecule has 0 unspecified atom stereocenters. The van der Waals surface area contributed by atoms with Gasteiger partial charge in [0.1, 0.15) is 5.54 Å². The predicted molar refractivity (Wildman–Crippen MR) is 77.1 cm³/mol. The highest BCUT2D eigenvalue weighted by Crippen LogP contribution is 2.31. The van der Waals surface area contributed by atoms with E-state index >= 15 is 0 Å². The Hall–Kier alpha value is -0.570. The molecule has 0 spiro atoms. The van der Waals surface area contributed by atoms with Gasteiger partial charge in [-0.3, -0.25) is 10.1 Å². The molecule has 2 aliphatic rings. The molecule has 0 amide bonds. The van der Waals surface area contributed by atoms with Crippen LogP contribution in [0.25, 0.3) is 0 Å². The highest BCUT2D eigenvalue weighted by atomic mass is 16.5. The molecule has 0 aromatic rings. The predicted octanol–water partition coefficient (Wildman–Crippen LogP) is 3.56. The smallest absolute Gasteiger partial charge is 0.326 e. The quantitative estimate of drug-likeness (QED) is 0.791. The van der Waals surface area contributed by atoms with Crippen LogP contribution in [0, 0.1) is 0 Å². The maximum atomic E-state index is 12.5. The summed E-state index contributed by atoms with van der Waals surface area (Å²) in [6.45, 7) is 2.40. The van der Waals surface area contributed by atoms with Crippen LogP contribution in [0.3, 0.4) is 0 Å². The highest BCUT2D eigenvalue weighted by Gasteiger charge is 2.41. The van der Waals surface area contributed by atoms with Gasteiger partial charge in [-0.1, -0.05) is 44.9 Å². The van der Waals surface area contributed by atoms with E-state index in [4.69, 9.17) is 4.74 Å². The average molecular weight is 267 g/mol. The third-order valence-electron chi connectivity index (χ3n) is 4.71. The molecular formula is C16H29NO2. The van der Waals surface area contributed by atoms with Crippen LogP contribution in [0.15, 0.2) is 0 Å². The molecule has 0 aromatic heterocycles. The topological polar surface area (TPSA) is 38.3 Å².